The maximum Gasteiger partial charge on any atom is 0.326 e. The summed E-state index contributed by atoms with van der Waals surface area (Å²) < 4.78 is 6.06. The molecule has 1 amide bonds. The summed E-state index contributed by atoms with van der Waals surface area (Å²) in [6, 6.07) is -0.855. The van der Waals surface area contributed by atoms with Crippen molar-refractivity contribution in [2.45, 2.75) is 276 Å². The molecule has 0 bridgehead atoms. The first-order valence-corrected chi connectivity index (χ1v) is 25.2. The van der Waals surface area contributed by atoms with Gasteiger partial charge >= 0.3 is 11.9 Å². The zero-order valence-corrected chi connectivity index (χ0v) is 38.4. The second-order valence-electron chi connectivity index (χ2n) is 17.2. The molecule has 0 aromatic carbocycles. The average Bonchev–Trinajstić information content (AvgIpc) is 3.21. The number of carboxylic acids is 1. The number of carbonyl (C=O) groups is 3. The van der Waals surface area contributed by atoms with E-state index >= 15 is 0 Å². The summed E-state index contributed by atoms with van der Waals surface area (Å²) in [6.45, 7) is 4.95. The number of allylic oxidation sites excluding steroid dienone is 4. The Hall–Kier alpha value is -2.15. The number of aliphatic carboxylic acids is 1. The lowest BCUT2D eigenvalue weighted by molar-refractivity contribution is -0.150. The summed E-state index contributed by atoms with van der Waals surface area (Å²) in [6.07, 6.45) is 53.8. The van der Waals surface area contributed by atoms with Crippen molar-refractivity contribution in [3.8, 4) is 0 Å². The minimum Gasteiger partial charge on any atom is -0.480 e. The van der Waals surface area contributed by atoms with Crippen molar-refractivity contribution in [3.63, 3.8) is 0 Å². The lowest BCUT2D eigenvalue weighted by atomic mass is 10.0. The van der Waals surface area contributed by atoms with Crippen LogP contribution in [0.25, 0.3) is 0 Å². The fraction of sp³-hybridized carbons (Fsp3) is 0.863. The molecule has 2 atom stereocenters. The van der Waals surface area contributed by atoms with Gasteiger partial charge in [0.2, 0.25) is 5.91 Å². The molecule has 0 saturated carbocycles. The van der Waals surface area contributed by atoms with Crippen molar-refractivity contribution in [2.75, 3.05) is 6.54 Å². The van der Waals surface area contributed by atoms with Crippen molar-refractivity contribution in [1.82, 2.24) is 5.32 Å². The average molecular weight is 817 g/mol. The van der Waals surface area contributed by atoms with E-state index in [4.69, 9.17) is 10.5 Å². The van der Waals surface area contributed by atoms with Crippen LogP contribution < -0.4 is 11.1 Å². The van der Waals surface area contributed by atoms with Gasteiger partial charge in [-0.2, -0.15) is 0 Å². The second-order valence-corrected chi connectivity index (χ2v) is 17.2. The van der Waals surface area contributed by atoms with Crippen molar-refractivity contribution in [2.24, 2.45) is 5.73 Å². The molecule has 0 radical (unpaired) electrons. The van der Waals surface area contributed by atoms with E-state index in [1.165, 1.54) is 154 Å². The zero-order valence-electron chi connectivity index (χ0n) is 38.4. The molecular weight excluding hydrogens is 721 g/mol. The molecule has 7 nitrogen and oxygen atoms in total. The largest absolute Gasteiger partial charge is 0.480 e. The molecule has 0 heterocycles. The molecule has 0 aliphatic heterocycles. The number of nitrogens with one attached hydrogen (secondary N) is 1. The summed E-state index contributed by atoms with van der Waals surface area (Å²) in [7, 11) is 0. The van der Waals surface area contributed by atoms with Gasteiger partial charge in [-0.05, 0) is 90.0 Å². The number of amides is 1. The van der Waals surface area contributed by atoms with E-state index < -0.39 is 12.0 Å². The van der Waals surface area contributed by atoms with Crippen molar-refractivity contribution >= 4 is 17.8 Å². The van der Waals surface area contributed by atoms with Crippen LogP contribution >= 0.6 is 0 Å². The minimum absolute atomic E-state index is 0.0164. The molecule has 0 aromatic heterocycles. The Morgan fingerprint density at radius 3 is 1.33 bits per heavy atom. The third kappa shape index (κ3) is 42.0. The first-order valence-electron chi connectivity index (χ1n) is 25.2. The molecule has 0 aliphatic carbocycles. The molecule has 0 rings (SSSR count). The summed E-state index contributed by atoms with van der Waals surface area (Å²) in [5.74, 6) is -1.22. The molecule has 0 saturated heterocycles. The Kier molecular flexibility index (Phi) is 44.2. The van der Waals surface area contributed by atoms with Gasteiger partial charge < -0.3 is 20.9 Å². The molecule has 7 heteroatoms. The standard InChI is InChI=1S/C51H96N2O5/c1-3-5-7-9-11-13-14-15-16-17-18-19-20-21-22-23-24-25-26-28-30-35-39-45-50(55)58-47(41-36-32-29-27-12-10-8-6-4-2)42-37-33-31-34-38-44-49(54)53-48(51(56)57)43-40-46-52/h14-15,17-18,47-48H,3-13,16,19-46,52H2,1-2H3,(H,53,54)(H,56,57)/b15-14-,18-17-. The molecule has 4 N–H and O–H groups in total. The summed E-state index contributed by atoms with van der Waals surface area (Å²) >= 11 is 0. The van der Waals surface area contributed by atoms with Crippen molar-refractivity contribution in [1.29, 1.82) is 0 Å². The third-order valence-corrected chi connectivity index (χ3v) is 11.5. The Morgan fingerprint density at radius 2 is 0.897 bits per heavy atom. The van der Waals surface area contributed by atoms with E-state index in [1.54, 1.807) is 0 Å². The molecule has 0 fully saturated rings. The highest BCUT2D eigenvalue weighted by Crippen LogP contribution is 2.19. The fourth-order valence-corrected chi connectivity index (χ4v) is 7.72. The van der Waals surface area contributed by atoms with Crippen LogP contribution in [0.4, 0.5) is 0 Å². The first-order chi connectivity index (χ1) is 28.4. The van der Waals surface area contributed by atoms with Crippen LogP contribution in [0.5, 0.6) is 0 Å². The molecule has 2 unspecified atom stereocenters. The van der Waals surface area contributed by atoms with Crippen molar-refractivity contribution < 1.29 is 24.2 Å². The van der Waals surface area contributed by atoms with E-state index in [0.717, 1.165) is 70.6 Å². The zero-order chi connectivity index (χ0) is 42.4. The number of hydrogen-bond acceptors (Lipinski definition) is 5. The van der Waals surface area contributed by atoms with Gasteiger partial charge in [0.1, 0.15) is 12.1 Å². The normalized spacial score (nSPS) is 12.7. The third-order valence-electron chi connectivity index (χ3n) is 11.5. The SMILES string of the molecule is CCCCCCC/C=C\C/C=C\CCCCCCCCCCCCCC(=O)OC(CCCCCCCCCCC)CCCCCCCC(=O)NC(CCCN)C(=O)O. The predicted octanol–water partition coefficient (Wildman–Crippen LogP) is 14.8. The Morgan fingerprint density at radius 1 is 0.500 bits per heavy atom. The van der Waals surface area contributed by atoms with Gasteiger partial charge in [0.25, 0.3) is 0 Å². The highest BCUT2D eigenvalue weighted by atomic mass is 16.5. The molecule has 0 aromatic rings. The number of rotatable bonds is 46. The van der Waals surface area contributed by atoms with Gasteiger partial charge in [0.05, 0.1) is 0 Å². The van der Waals surface area contributed by atoms with Crippen LogP contribution in [0.1, 0.15) is 264 Å². The predicted molar refractivity (Wildman–Crippen MR) is 248 cm³/mol. The monoisotopic (exact) mass is 817 g/mol. The lowest BCUT2D eigenvalue weighted by Gasteiger charge is -2.18. The maximum atomic E-state index is 12.8. The second kappa shape index (κ2) is 45.9. The van der Waals surface area contributed by atoms with Gasteiger partial charge in [0.15, 0.2) is 0 Å². The number of esters is 1. The maximum absolute atomic E-state index is 12.8. The summed E-state index contributed by atoms with van der Waals surface area (Å²) in [4.78, 5) is 36.4. The number of carbonyl (C=O) groups excluding carboxylic acids is 2. The summed E-state index contributed by atoms with van der Waals surface area (Å²) in [5.41, 5.74) is 5.49. The Labute approximate surface area is 359 Å². The quantitative estimate of drug-likeness (QED) is 0.0320. The molecular formula is C51H96N2O5. The van der Waals surface area contributed by atoms with E-state index in [1.807, 2.05) is 0 Å². The highest BCUT2D eigenvalue weighted by Gasteiger charge is 2.19. The number of carboxylic acid groups (broad SMARTS) is 1. The molecule has 0 aliphatic rings. The van der Waals surface area contributed by atoms with Crippen LogP contribution in [0.2, 0.25) is 0 Å². The van der Waals surface area contributed by atoms with E-state index in [-0.39, 0.29) is 18.0 Å². The van der Waals surface area contributed by atoms with E-state index in [2.05, 4.69) is 43.5 Å². The van der Waals surface area contributed by atoms with Gasteiger partial charge in [-0.1, -0.05) is 192 Å². The van der Waals surface area contributed by atoms with Gasteiger partial charge in [-0.15, -0.1) is 0 Å². The molecule has 340 valence electrons. The highest BCUT2D eigenvalue weighted by molar-refractivity contribution is 5.83. The number of nitrogens with two attached hydrogens (primary N) is 1. The van der Waals surface area contributed by atoms with E-state index in [9.17, 15) is 19.5 Å². The Bertz CT molecular complexity index is 967. The fourth-order valence-electron chi connectivity index (χ4n) is 7.72. The lowest BCUT2D eigenvalue weighted by Crippen LogP contribution is -2.40. The topological polar surface area (TPSA) is 119 Å². The van der Waals surface area contributed by atoms with Gasteiger partial charge in [0, 0.05) is 12.8 Å². The van der Waals surface area contributed by atoms with Crippen molar-refractivity contribution in [3.05, 3.63) is 24.3 Å². The van der Waals surface area contributed by atoms with Crippen LogP contribution in [0.3, 0.4) is 0 Å². The van der Waals surface area contributed by atoms with Gasteiger partial charge in [-0.3, -0.25) is 9.59 Å². The molecule has 58 heavy (non-hydrogen) atoms. The molecule has 0 spiro atoms. The minimum atomic E-state index is -1.00. The number of ether oxygens (including phenoxy) is 1. The van der Waals surface area contributed by atoms with Crippen LogP contribution in [-0.2, 0) is 19.1 Å². The first kappa shape index (κ1) is 55.9. The van der Waals surface area contributed by atoms with Gasteiger partial charge in [-0.25, -0.2) is 4.79 Å². The Balaban J connectivity index is 4.09. The van der Waals surface area contributed by atoms with Crippen LogP contribution in [0, 0.1) is 0 Å². The smallest absolute Gasteiger partial charge is 0.326 e. The van der Waals surface area contributed by atoms with E-state index in [0.29, 0.717) is 32.2 Å². The number of hydrogen-bond donors (Lipinski definition) is 3. The summed E-state index contributed by atoms with van der Waals surface area (Å²) in [5, 5.41) is 12.0. The van der Waals surface area contributed by atoms with Crippen LogP contribution in [0.15, 0.2) is 24.3 Å². The number of unbranched alkanes of at least 4 members (excludes halogenated alkanes) is 28. The van der Waals surface area contributed by atoms with Crippen LogP contribution in [-0.4, -0.2) is 41.6 Å².